The number of rotatable bonds is 5. The van der Waals surface area contributed by atoms with Crippen molar-refractivity contribution in [2.45, 2.75) is 38.8 Å². The Morgan fingerprint density at radius 2 is 2.29 bits per heavy atom. The van der Waals surface area contributed by atoms with Crippen LogP contribution in [0, 0.1) is 0 Å². The van der Waals surface area contributed by atoms with Gasteiger partial charge in [0.25, 0.3) is 0 Å². The molecule has 1 aliphatic rings. The van der Waals surface area contributed by atoms with E-state index in [1.165, 1.54) is 0 Å². The third-order valence-corrected chi connectivity index (χ3v) is 4.85. The highest BCUT2D eigenvalue weighted by Crippen LogP contribution is 2.30. The molecule has 6 nitrogen and oxygen atoms in total. The monoisotopic (exact) mass is 344 g/mol. The summed E-state index contributed by atoms with van der Waals surface area (Å²) in [6.07, 6.45) is 5.62. The summed E-state index contributed by atoms with van der Waals surface area (Å²) in [4.78, 5) is 34.3. The second-order valence-corrected chi connectivity index (χ2v) is 6.67. The molecule has 2 aromatic heterocycles. The Labute approximate surface area is 144 Å². The Bertz CT molecular complexity index is 717. The SMILES string of the molecule is CC(=O)N1CCCC1c1cncc(CNC(=O)Cc2ccsc2)n1. The van der Waals surface area contributed by atoms with E-state index in [1.54, 1.807) is 30.7 Å². The molecule has 0 aliphatic carbocycles. The van der Waals surface area contributed by atoms with Gasteiger partial charge in [-0.3, -0.25) is 19.6 Å². The lowest BCUT2D eigenvalue weighted by Gasteiger charge is -2.22. The number of thiophene rings is 1. The van der Waals surface area contributed by atoms with Crippen molar-refractivity contribution in [3.05, 3.63) is 46.2 Å². The zero-order valence-electron chi connectivity index (χ0n) is 13.6. The van der Waals surface area contributed by atoms with Crippen LogP contribution in [-0.4, -0.2) is 33.2 Å². The van der Waals surface area contributed by atoms with Crippen molar-refractivity contribution in [1.82, 2.24) is 20.2 Å². The van der Waals surface area contributed by atoms with E-state index in [-0.39, 0.29) is 17.9 Å². The summed E-state index contributed by atoms with van der Waals surface area (Å²) in [5.41, 5.74) is 2.52. The molecule has 1 saturated heterocycles. The molecule has 3 rings (SSSR count). The molecule has 2 aromatic rings. The van der Waals surface area contributed by atoms with Gasteiger partial charge in [-0.2, -0.15) is 11.3 Å². The van der Waals surface area contributed by atoms with E-state index in [9.17, 15) is 9.59 Å². The first-order valence-corrected chi connectivity index (χ1v) is 8.93. The van der Waals surface area contributed by atoms with Crippen LogP contribution in [-0.2, 0) is 22.6 Å². The molecule has 0 bridgehead atoms. The largest absolute Gasteiger partial charge is 0.350 e. The van der Waals surface area contributed by atoms with E-state index >= 15 is 0 Å². The van der Waals surface area contributed by atoms with E-state index in [1.807, 2.05) is 21.7 Å². The topological polar surface area (TPSA) is 75.2 Å². The van der Waals surface area contributed by atoms with Gasteiger partial charge >= 0.3 is 0 Å². The van der Waals surface area contributed by atoms with Crippen molar-refractivity contribution >= 4 is 23.2 Å². The number of carbonyl (C=O) groups is 2. The number of hydrogen-bond acceptors (Lipinski definition) is 5. The average molecular weight is 344 g/mol. The first kappa shape index (κ1) is 16.6. The molecule has 126 valence electrons. The first-order valence-electron chi connectivity index (χ1n) is 7.99. The van der Waals surface area contributed by atoms with E-state index in [0.717, 1.165) is 30.6 Å². The molecule has 1 N–H and O–H groups in total. The minimum absolute atomic E-state index is 0.00328. The molecule has 0 radical (unpaired) electrons. The standard InChI is InChI=1S/C17H20N4O2S/c1-12(22)21-5-2-3-16(21)15-10-18-8-14(20-15)9-19-17(23)7-13-4-6-24-11-13/h4,6,8,10-11,16H,2-3,5,7,9H2,1H3,(H,19,23). The highest BCUT2D eigenvalue weighted by Gasteiger charge is 2.29. The summed E-state index contributed by atoms with van der Waals surface area (Å²) in [6.45, 7) is 2.69. The smallest absolute Gasteiger partial charge is 0.224 e. The van der Waals surface area contributed by atoms with Crippen LogP contribution in [0.5, 0.6) is 0 Å². The van der Waals surface area contributed by atoms with Gasteiger partial charge in [-0.05, 0) is 35.2 Å². The zero-order chi connectivity index (χ0) is 16.9. The zero-order valence-corrected chi connectivity index (χ0v) is 14.4. The number of aromatic nitrogens is 2. The van der Waals surface area contributed by atoms with Gasteiger partial charge < -0.3 is 10.2 Å². The summed E-state index contributed by atoms with van der Waals surface area (Å²) in [7, 11) is 0. The van der Waals surface area contributed by atoms with Crippen LogP contribution < -0.4 is 5.32 Å². The van der Waals surface area contributed by atoms with Crippen LogP contribution in [0.15, 0.2) is 29.2 Å². The van der Waals surface area contributed by atoms with Gasteiger partial charge in [-0.15, -0.1) is 0 Å². The van der Waals surface area contributed by atoms with Crippen LogP contribution in [0.4, 0.5) is 0 Å². The fraction of sp³-hybridized carbons (Fsp3) is 0.412. The summed E-state index contributed by atoms with van der Waals surface area (Å²) in [5.74, 6) is 0.0283. The maximum Gasteiger partial charge on any atom is 0.224 e. The molecule has 0 spiro atoms. The van der Waals surface area contributed by atoms with E-state index < -0.39 is 0 Å². The normalized spacial score (nSPS) is 17.0. The van der Waals surface area contributed by atoms with Crippen molar-refractivity contribution in [3.63, 3.8) is 0 Å². The summed E-state index contributed by atoms with van der Waals surface area (Å²) >= 11 is 1.58. The van der Waals surface area contributed by atoms with Crippen LogP contribution in [0.1, 0.15) is 42.8 Å². The van der Waals surface area contributed by atoms with Gasteiger partial charge in [0.2, 0.25) is 11.8 Å². The minimum Gasteiger partial charge on any atom is -0.350 e. The maximum absolute atomic E-state index is 12.0. The fourth-order valence-electron chi connectivity index (χ4n) is 2.95. The minimum atomic E-state index is -0.0353. The van der Waals surface area contributed by atoms with E-state index in [0.29, 0.717) is 18.7 Å². The number of nitrogens with zero attached hydrogens (tertiary/aromatic N) is 3. The van der Waals surface area contributed by atoms with E-state index in [4.69, 9.17) is 0 Å². The van der Waals surface area contributed by atoms with Crippen LogP contribution in [0.25, 0.3) is 0 Å². The van der Waals surface area contributed by atoms with Gasteiger partial charge in [-0.25, -0.2) is 0 Å². The first-order chi connectivity index (χ1) is 11.6. The molecular weight excluding hydrogens is 324 g/mol. The Hall–Kier alpha value is -2.28. The Balaban J connectivity index is 1.61. The van der Waals surface area contributed by atoms with Gasteiger partial charge in [0.1, 0.15) is 0 Å². The molecule has 0 saturated carbocycles. The van der Waals surface area contributed by atoms with Crippen molar-refractivity contribution in [3.8, 4) is 0 Å². The predicted molar refractivity (Wildman–Crippen MR) is 91.3 cm³/mol. The van der Waals surface area contributed by atoms with Crippen LogP contribution >= 0.6 is 11.3 Å². The second kappa shape index (κ2) is 7.53. The Morgan fingerprint density at radius 3 is 3.04 bits per heavy atom. The average Bonchev–Trinajstić information content (AvgIpc) is 3.24. The molecule has 7 heteroatoms. The molecule has 1 unspecified atom stereocenters. The van der Waals surface area contributed by atoms with Crippen LogP contribution in [0.2, 0.25) is 0 Å². The number of hydrogen-bond donors (Lipinski definition) is 1. The van der Waals surface area contributed by atoms with Crippen molar-refractivity contribution in [2.24, 2.45) is 0 Å². The summed E-state index contributed by atoms with van der Waals surface area (Å²) in [6, 6.07) is 1.94. The fourth-order valence-corrected chi connectivity index (χ4v) is 3.62. The highest BCUT2D eigenvalue weighted by molar-refractivity contribution is 7.07. The lowest BCUT2D eigenvalue weighted by Crippen LogP contribution is -2.29. The molecule has 3 heterocycles. The molecule has 1 atom stereocenters. The third-order valence-electron chi connectivity index (χ3n) is 4.11. The summed E-state index contributed by atoms with van der Waals surface area (Å²) in [5, 5.41) is 6.80. The molecular formula is C17H20N4O2S. The number of amides is 2. The lowest BCUT2D eigenvalue weighted by atomic mass is 10.1. The Morgan fingerprint density at radius 1 is 1.42 bits per heavy atom. The molecule has 24 heavy (non-hydrogen) atoms. The molecule has 1 fully saturated rings. The Kier molecular flexibility index (Phi) is 5.20. The second-order valence-electron chi connectivity index (χ2n) is 5.89. The molecule has 0 aromatic carbocycles. The molecule has 1 aliphatic heterocycles. The van der Waals surface area contributed by atoms with Crippen molar-refractivity contribution < 1.29 is 9.59 Å². The van der Waals surface area contributed by atoms with Gasteiger partial charge in [0, 0.05) is 13.5 Å². The van der Waals surface area contributed by atoms with Gasteiger partial charge in [0.15, 0.2) is 0 Å². The van der Waals surface area contributed by atoms with Crippen LogP contribution in [0.3, 0.4) is 0 Å². The third kappa shape index (κ3) is 3.97. The lowest BCUT2D eigenvalue weighted by molar-refractivity contribution is -0.129. The molecule has 2 amide bonds. The number of carbonyl (C=O) groups excluding carboxylic acids is 2. The quantitative estimate of drug-likeness (QED) is 0.901. The predicted octanol–water partition coefficient (Wildman–Crippen LogP) is 2.08. The van der Waals surface area contributed by atoms with Gasteiger partial charge in [-0.1, -0.05) is 0 Å². The maximum atomic E-state index is 12.0. The summed E-state index contributed by atoms with van der Waals surface area (Å²) < 4.78 is 0. The number of likely N-dealkylation sites (tertiary alicyclic amines) is 1. The highest BCUT2D eigenvalue weighted by atomic mass is 32.1. The van der Waals surface area contributed by atoms with E-state index in [2.05, 4.69) is 15.3 Å². The number of nitrogens with one attached hydrogen (secondary N) is 1. The van der Waals surface area contributed by atoms with Crippen molar-refractivity contribution in [2.75, 3.05) is 6.54 Å². The van der Waals surface area contributed by atoms with Crippen molar-refractivity contribution in [1.29, 1.82) is 0 Å². The van der Waals surface area contributed by atoms with Gasteiger partial charge in [0.05, 0.1) is 42.8 Å².